The first-order valence-electron chi connectivity index (χ1n) is 7.21. The highest BCUT2D eigenvalue weighted by Gasteiger charge is 2.14. The second kappa shape index (κ2) is 7.32. The predicted octanol–water partition coefficient (Wildman–Crippen LogP) is 3.05. The molecule has 0 saturated heterocycles. The molecule has 0 radical (unpaired) electrons. The number of benzene rings is 2. The van der Waals surface area contributed by atoms with E-state index in [1.165, 1.54) is 0 Å². The van der Waals surface area contributed by atoms with Gasteiger partial charge in [-0.3, -0.25) is 0 Å². The van der Waals surface area contributed by atoms with Gasteiger partial charge in [-0.25, -0.2) is 13.1 Å². The Kier molecular flexibility index (Phi) is 5.43. The monoisotopic (exact) mass is 329 g/mol. The van der Waals surface area contributed by atoms with Crippen molar-refractivity contribution in [2.75, 3.05) is 6.61 Å². The number of nitrogens with one attached hydrogen (secondary N) is 1. The predicted molar refractivity (Wildman–Crippen MR) is 91.7 cm³/mol. The van der Waals surface area contributed by atoms with Crippen molar-refractivity contribution in [3.63, 3.8) is 0 Å². The molecule has 120 valence electrons. The van der Waals surface area contributed by atoms with Crippen molar-refractivity contribution < 1.29 is 13.2 Å². The van der Waals surface area contributed by atoms with Crippen molar-refractivity contribution in [1.82, 2.24) is 4.72 Å². The average Bonchev–Trinajstić information content (AvgIpc) is 2.52. The van der Waals surface area contributed by atoms with Crippen LogP contribution in [0.15, 0.2) is 53.4 Å². The molecule has 0 aromatic heterocycles. The van der Waals surface area contributed by atoms with Crippen LogP contribution in [-0.2, 0) is 10.0 Å². The van der Waals surface area contributed by atoms with E-state index in [0.717, 1.165) is 11.1 Å². The molecule has 0 fully saturated rings. The third-order valence-electron chi connectivity index (χ3n) is 3.07. The van der Waals surface area contributed by atoms with E-state index in [4.69, 9.17) is 11.2 Å². The van der Waals surface area contributed by atoms with Crippen molar-refractivity contribution in [1.29, 1.82) is 0 Å². The quantitative estimate of drug-likeness (QED) is 0.829. The van der Waals surface area contributed by atoms with Crippen LogP contribution >= 0.6 is 0 Å². The number of ether oxygens (including phenoxy) is 1. The molecule has 0 bridgehead atoms. The van der Waals surface area contributed by atoms with E-state index in [-0.39, 0.29) is 17.5 Å². The molecule has 0 unspecified atom stereocenters. The van der Waals surface area contributed by atoms with Crippen LogP contribution < -0.4 is 9.46 Å². The van der Waals surface area contributed by atoms with Gasteiger partial charge >= 0.3 is 0 Å². The van der Waals surface area contributed by atoms with Gasteiger partial charge in [-0.1, -0.05) is 30.2 Å². The Hall–Kier alpha value is -2.29. The lowest BCUT2D eigenvalue weighted by molar-refractivity contribution is 0.370. The maximum absolute atomic E-state index is 12.1. The third-order valence-corrected chi connectivity index (χ3v) is 4.74. The summed E-state index contributed by atoms with van der Waals surface area (Å²) in [6.07, 6.45) is 5.15. The lowest BCUT2D eigenvalue weighted by atomic mass is 10.1. The number of sulfonamides is 1. The molecule has 2 aromatic carbocycles. The molecule has 4 nitrogen and oxygen atoms in total. The van der Waals surface area contributed by atoms with Crippen LogP contribution in [-0.4, -0.2) is 21.1 Å². The van der Waals surface area contributed by atoms with Gasteiger partial charge in [0.25, 0.3) is 0 Å². The van der Waals surface area contributed by atoms with Crippen LogP contribution in [0, 0.1) is 12.3 Å². The van der Waals surface area contributed by atoms with Gasteiger partial charge in [0, 0.05) is 6.04 Å². The normalized spacial score (nSPS) is 11.2. The van der Waals surface area contributed by atoms with E-state index in [1.807, 2.05) is 24.3 Å². The van der Waals surface area contributed by atoms with Gasteiger partial charge < -0.3 is 4.74 Å². The summed E-state index contributed by atoms with van der Waals surface area (Å²) >= 11 is 0. The Bertz CT molecular complexity index is 786. The van der Waals surface area contributed by atoms with E-state index in [0.29, 0.717) is 5.75 Å². The topological polar surface area (TPSA) is 55.4 Å². The minimum atomic E-state index is -3.46. The molecule has 0 spiro atoms. The summed E-state index contributed by atoms with van der Waals surface area (Å²) in [5, 5.41) is 0. The molecule has 0 atom stereocenters. The van der Waals surface area contributed by atoms with Crippen molar-refractivity contribution in [2.24, 2.45) is 0 Å². The standard InChI is InChI=1S/C18H19NO3S/c1-4-13-22-17-9-5-15(6-10-17)16-7-11-18(12-8-16)23(20,21)19-14(2)3/h1,5-12,14,19H,13H2,2-3H3. The van der Waals surface area contributed by atoms with Crippen LogP contribution in [0.2, 0.25) is 0 Å². The minimum Gasteiger partial charge on any atom is -0.481 e. The van der Waals surface area contributed by atoms with Crippen molar-refractivity contribution in [3.05, 3.63) is 48.5 Å². The van der Waals surface area contributed by atoms with Crippen molar-refractivity contribution >= 4 is 10.0 Å². The highest BCUT2D eigenvalue weighted by Crippen LogP contribution is 2.24. The summed E-state index contributed by atoms with van der Waals surface area (Å²) < 4.78 is 32.1. The summed E-state index contributed by atoms with van der Waals surface area (Å²) in [5.74, 6) is 3.11. The number of rotatable bonds is 6. The SMILES string of the molecule is C#CCOc1ccc(-c2ccc(S(=O)(=O)NC(C)C)cc2)cc1. The zero-order valence-electron chi connectivity index (χ0n) is 13.1. The fourth-order valence-corrected chi connectivity index (χ4v) is 3.32. The average molecular weight is 329 g/mol. The molecule has 0 amide bonds. The van der Waals surface area contributed by atoms with Gasteiger partial charge in [0.15, 0.2) is 0 Å². The zero-order valence-corrected chi connectivity index (χ0v) is 13.9. The summed E-state index contributed by atoms with van der Waals surface area (Å²) in [7, 11) is -3.46. The largest absolute Gasteiger partial charge is 0.481 e. The Morgan fingerprint density at radius 3 is 2.04 bits per heavy atom. The Labute approximate surface area is 137 Å². The lowest BCUT2D eigenvalue weighted by Gasteiger charge is -2.10. The lowest BCUT2D eigenvalue weighted by Crippen LogP contribution is -2.30. The van der Waals surface area contributed by atoms with Crippen LogP contribution in [0.5, 0.6) is 5.75 Å². The summed E-state index contributed by atoms with van der Waals surface area (Å²) in [4.78, 5) is 0.254. The van der Waals surface area contributed by atoms with E-state index in [1.54, 1.807) is 38.1 Å². The van der Waals surface area contributed by atoms with Crippen LogP contribution in [0.4, 0.5) is 0 Å². The van der Waals surface area contributed by atoms with Crippen LogP contribution in [0.3, 0.4) is 0 Å². The fourth-order valence-electron chi connectivity index (χ4n) is 2.07. The molecule has 2 aromatic rings. The van der Waals surface area contributed by atoms with Gasteiger partial charge in [-0.2, -0.15) is 0 Å². The van der Waals surface area contributed by atoms with Crippen molar-refractivity contribution in [2.45, 2.75) is 24.8 Å². The first-order chi connectivity index (χ1) is 10.9. The number of hydrogen-bond donors (Lipinski definition) is 1. The molecule has 23 heavy (non-hydrogen) atoms. The molecule has 2 rings (SSSR count). The summed E-state index contributed by atoms with van der Waals surface area (Å²) in [6.45, 7) is 3.81. The first-order valence-corrected chi connectivity index (χ1v) is 8.70. The van der Waals surface area contributed by atoms with E-state index >= 15 is 0 Å². The minimum absolute atomic E-state index is 0.143. The Morgan fingerprint density at radius 1 is 1.04 bits per heavy atom. The van der Waals surface area contributed by atoms with E-state index in [2.05, 4.69) is 10.6 Å². The second-order valence-corrected chi connectivity index (χ2v) is 7.03. The molecule has 0 aliphatic heterocycles. The van der Waals surface area contributed by atoms with Gasteiger partial charge in [0.05, 0.1) is 4.90 Å². The molecule has 5 heteroatoms. The van der Waals surface area contributed by atoms with Crippen LogP contribution in [0.1, 0.15) is 13.8 Å². The van der Waals surface area contributed by atoms with Crippen LogP contribution in [0.25, 0.3) is 11.1 Å². The van der Waals surface area contributed by atoms with Gasteiger partial charge in [0.1, 0.15) is 12.4 Å². The van der Waals surface area contributed by atoms with Gasteiger partial charge in [-0.05, 0) is 49.2 Å². The highest BCUT2D eigenvalue weighted by atomic mass is 32.2. The molecule has 0 saturated carbocycles. The summed E-state index contributed by atoms with van der Waals surface area (Å²) in [6, 6.07) is 14.1. The third kappa shape index (κ3) is 4.59. The summed E-state index contributed by atoms with van der Waals surface area (Å²) in [5.41, 5.74) is 1.90. The Balaban J connectivity index is 2.18. The zero-order chi connectivity index (χ0) is 16.9. The van der Waals surface area contributed by atoms with Gasteiger partial charge in [-0.15, -0.1) is 6.42 Å². The molecular weight excluding hydrogens is 310 g/mol. The van der Waals surface area contributed by atoms with E-state index in [9.17, 15) is 8.42 Å². The van der Waals surface area contributed by atoms with E-state index < -0.39 is 10.0 Å². The highest BCUT2D eigenvalue weighted by molar-refractivity contribution is 7.89. The van der Waals surface area contributed by atoms with Crippen molar-refractivity contribution in [3.8, 4) is 29.2 Å². The maximum atomic E-state index is 12.1. The molecule has 0 aliphatic carbocycles. The van der Waals surface area contributed by atoms with Gasteiger partial charge in [0.2, 0.25) is 10.0 Å². The second-order valence-electron chi connectivity index (χ2n) is 5.32. The first kappa shape index (κ1) is 17.1. The number of hydrogen-bond acceptors (Lipinski definition) is 3. The molecule has 1 N–H and O–H groups in total. The fraction of sp³-hybridized carbons (Fsp3) is 0.222. The molecular formula is C18H19NO3S. The Morgan fingerprint density at radius 2 is 1.57 bits per heavy atom. The number of terminal acetylenes is 1. The smallest absolute Gasteiger partial charge is 0.240 e. The maximum Gasteiger partial charge on any atom is 0.240 e. The molecule has 0 heterocycles. The molecule has 0 aliphatic rings.